The fourth-order valence-electron chi connectivity index (χ4n) is 2.69. The third-order valence-electron chi connectivity index (χ3n) is 3.95. The molecule has 0 aliphatic heterocycles. The molecule has 1 aromatic carbocycles. The molecule has 29 heavy (non-hydrogen) atoms. The average molecular weight is 433 g/mol. The molecule has 0 atom stereocenters. The lowest BCUT2D eigenvalue weighted by molar-refractivity contribution is -0.116. The van der Waals surface area contributed by atoms with E-state index in [4.69, 9.17) is 23.2 Å². The topological polar surface area (TPSA) is 75.2 Å². The van der Waals surface area contributed by atoms with Crippen LogP contribution < -0.4 is 10.2 Å². The van der Waals surface area contributed by atoms with E-state index in [2.05, 4.69) is 15.3 Å². The van der Waals surface area contributed by atoms with Crippen LogP contribution in [0.3, 0.4) is 0 Å². The van der Waals surface area contributed by atoms with E-state index in [-0.39, 0.29) is 28.2 Å². The Morgan fingerprint density at radius 1 is 1.17 bits per heavy atom. The summed E-state index contributed by atoms with van der Waals surface area (Å²) in [5.74, 6) is -1.03. The average Bonchev–Trinajstić information content (AvgIpc) is 2.67. The van der Waals surface area contributed by atoms with E-state index in [1.165, 1.54) is 48.6 Å². The van der Waals surface area contributed by atoms with Crippen molar-refractivity contribution in [2.24, 2.45) is 0 Å². The second-order valence-electron chi connectivity index (χ2n) is 6.02. The number of pyridine rings is 2. The maximum Gasteiger partial charge on any atom is 0.229 e. The van der Waals surface area contributed by atoms with Crippen molar-refractivity contribution in [2.75, 3.05) is 10.2 Å². The molecule has 2 aromatic heterocycles. The second kappa shape index (κ2) is 8.98. The quantitative estimate of drug-likeness (QED) is 0.628. The summed E-state index contributed by atoms with van der Waals surface area (Å²) >= 11 is 12.1. The minimum Gasteiger partial charge on any atom is -0.326 e. The number of amides is 2. The number of carbonyl (C=O) groups excluding carboxylic acids is 2. The fraction of sp³-hybridized carbons (Fsp3) is 0.100. The molecule has 3 rings (SSSR count). The Hall–Kier alpha value is -3.03. The summed E-state index contributed by atoms with van der Waals surface area (Å²) in [6.45, 7) is 1.37. The Morgan fingerprint density at radius 2 is 1.97 bits per heavy atom. The highest BCUT2D eigenvalue weighted by Crippen LogP contribution is 2.31. The molecule has 0 saturated heterocycles. The Kier molecular flexibility index (Phi) is 6.41. The van der Waals surface area contributed by atoms with Gasteiger partial charge in [0.05, 0.1) is 22.2 Å². The summed E-state index contributed by atoms with van der Waals surface area (Å²) in [6, 6.07) is 8.97. The van der Waals surface area contributed by atoms with Crippen LogP contribution in [0, 0.1) is 5.82 Å². The van der Waals surface area contributed by atoms with Gasteiger partial charge in [-0.15, -0.1) is 0 Å². The molecule has 0 radical (unpaired) electrons. The van der Waals surface area contributed by atoms with Crippen LogP contribution >= 0.6 is 23.2 Å². The second-order valence-corrected chi connectivity index (χ2v) is 6.81. The van der Waals surface area contributed by atoms with Gasteiger partial charge in [-0.1, -0.05) is 35.3 Å². The lowest BCUT2D eigenvalue weighted by atomic mass is 10.1. The van der Waals surface area contributed by atoms with Crippen molar-refractivity contribution in [3.8, 4) is 0 Å². The van der Waals surface area contributed by atoms with Crippen molar-refractivity contribution in [3.05, 3.63) is 76.4 Å². The number of aromatic nitrogens is 2. The zero-order valence-corrected chi connectivity index (χ0v) is 16.7. The predicted octanol–water partition coefficient (Wildman–Crippen LogP) is 4.79. The van der Waals surface area contributed by atoms with E-state index in [0.717, 1.165) is 0 Å². The molecule has 3 aromatic rings. The van der Waals surface area contributed by atoms with Gasteiger partial charge in [-0.2, -0.15) is 0 Å². The molecule has 0 unspecified atom stereocenters. The fourth-order valence-corrected chi connectivity index (χ4v) is 3.08. The summed E-state index contributed by atoms with van der Waals surface area (Å²) in [5, 5.41) is 2.88. The van der Waals surface area contributed by atoms with Crippen LogP contribution in [0.15, 0.2) is 55.0 Å². The van der Waals surface area contributed by atoms with Gasteiger partial charge in [0.25, 0.3) is 0 Å². The summed E-state index contributed by atoms with van der Waals surface area (Å²) in [5.41, 5.74) is 1.19. The molecule has 0 aliphatic carbocycles. The Labute approximate surface area is 176 Å². The van der Waals surface area contributed by atoms with E-state index in [1.807, 2.05) is 0 Å². The van der Waals surface area contributed by atoms with Gasteiger partial charge in [0.2, 0.25) is 11.8 Å². The minimum atomic E-state index is -0.588. The summed E-state index contributed by atoms with van der Waals surface area (Å²) in [7, 11) is 0. The van der Waals surface area contributed by atoms with Gasteiger partial charge >= 0.3 is 0 Å². The smallest absolute Gasteiger partial charge is 0.229 e. The van der Waals surface area contributed by atoms with Crippen molar-refractivity contribution >= 4 is 52.2 Å². The van der Waals surface area contributed by atoms with Crippen LogP contribution in [0.1, 0.15) is 12.5 Å². The summed E-state index contributed by atoms with van der Waals surface area (Å²) in [4.78, 5) is 34.0. The minimum absolute atomic E-state index is 0.0897. The number of nitrogens with one attached hydrogen (secondary N) is 1. The molecule has 0 aliphatic rings. The number of hydrogen-bond acceptors (Lipinski definition) is 4. The molecule has 1 N–H and O–H groups in total. The number of benzene rings is 1. The van der Waals surface area contributed by atoms with E-state index in [9.17, 15) is 14.0 Å². The van der Waals surface area contributed by atoms with Crippen LogP contribution in [0.4, 0.5) is 21.6 Å². The van der Waals surface area contributed by atoms with Crippen LogP contribution in [0.5, 0.6) is 0 Å². The molecule has 2 amide bonds. The molecule has 148 valence electrons. The van der Waals surface area contributed by atoms with Gasteiger partial charge in [0, 0.05) is 37.3 Å². The first-order valence-corrected chi connectivity index (χ1v) is 9.21. The molecule has 9 heteroatoms. The number of hydrogen-bond donors (Lipinski definition) is 1. The SMILES string of the molecule is CC(=O)N(c1cc(NC(=O)Cc2cccc(F)c2Cl)ccn1)c1ccncc1Cl. The van der Waals surface area contributed by atoms with Gasteiger partial charge in [0.1, 0.15) is 11.6 Å². The highest BCUT2D eigenvalue weighted by atomic mass is 35.5. The number of anilines is 3. The number of rotatable bonds is 5. The van der Waals surface area contributed by atoms with Gasteiger partial charge in [-0.05, 0) is 23.8 Å². The number of carbonyl (C=O) groups is 2. The Balaban J connectivity index is 1.83. The van der Waals surface area contributed by atoms with E-state index in [0.29, 0.717) is 16.9 Å². The van der Waals surface area contributed by atoms with E-state index >= 15 is 0 Å². The predicted molar refractivity (Wildman–Crippen MR) is 110 cm³/mol. The Morgan fingerprint density at radius 3 is 2.69 bits per heavy atom. The number of nitrogens with zero attached hydrogens (tertiary/aromatic N) is 3. The first-order chi connectivity index (χ1) is 13.9. The first kappa shape index (κ1) is 20.7. The third kappa shape index (κ3) is 4.88. The highest BCUT2D eigenvalue weighted by Gasteiger charge is 2.19. The van der Waals surface area contributed by atoms with Crippen molar-refractivity contribution in [3.63, 3.8) is 0 Å². The number of halogens is 3. The van der Waals surface area contributed by atoms with Crippen molar-refractivity contribution in [2.45, 2.75) is 13.3 Å². The van der Waals surface area contributed by atoms with Crippen molar-refractivity contribution < 1.29 is 14.0 Å². The lowest BCUT2D eigenvalue weighted by Gasteiger charge is -2.21. The van der Waals surface area contributed by atoms with Gasteiger partial charge in [-0.3, -0.25) is 19.5 Å². The third-order valence-corrected chi connectivity index (χ3v) is 4.66. The maximum atomic E-state index is 13.5. The van der Waals surface area contributed by atoms with E-state index in [1.54, 1.807) is 18.2 Å². The molecular weight excluding hydrogens is 418 g/mol. The molecule has 0 fully saturated rings. The highest BCUT2D eigenvalue weighted by molar-refractivity contribution is 6.34. The molecule has 0 bridgehead atoms. The largest absolute Gasteiger partial charge is 0.326 e. The molecular formula is C20H15Cl2FN4O2. The van der Waals surface area contributed by atoms with E-state index < -0.39 is 11.7 Å². The standard InChI is InChI=1S/C20H15Cl2FN4O2/c1-12(28)27(17-6-7-24-11-15(17)21)18-10-14(5-8-25-18)26-19(29)9-13-3-2-4-16(23)20(13)22/h2-8,10-11H,9H2,1H3,(H,25,26,29). The normalized spacial score (nSPS) is 10.5. The maximum absolute atomic E-state index is 13.5. The first-order valence-electron chi connectivity index (χ1n) is 8.46. The van der Waals surface area contributed by atoms with Gasteiger partial charge < -0.3 is 5.32 Å². The molecule has 0 saturated carbocycles. The molecule has 0 spiro atoms. The monoisotopic (exact) mass is 432 g/mol. The summed E-state index contributed by atoms with van der Waals surface area (Å²) < 4.78 is 13.5. The Bertz CT molecular complexity index is 1080. The zero-order chi connectivity index (χ0) is 21.0. The molecule has 2 heterocycles. The van der Waals surface area contributed by atoms with Crippen LogP contribution in [0.25, 0.3) is 0 Å². The van der Waals surface area contributed by atoms with Gasteiger partial charge in [0.15, 0.2) is 0 Å². The van der Waals surface area contributed by atoms with Crippen LogP contribution in [0.2, 0.25) is 10.0 Å². The summed E-state index contributed by atoms with van der Waals surface area (Å²) in [6.07, 6.45) is 4.26. The van der Waals surface area contributed by atoms with Crippen LogP contribution in [-0.4, -0.2) is 21.8 Å². The zero-order valence-electron chi connectivity index (χ0n) is 15.2. The van der Waals surface area contributed by atoms with Crippen molar-refractivity contribution in [1.29, 1.82) is 0 Å². The van der Waals surface area contributed by atoms with Crippen molar-refractivity contribution in [1.82, 2.24) is 9.97 Å². The van der Waals surface area contributed by atoms with Gasteiger partial charge in [-0.25, -0.2) is 9.37 Å². The van der Waals surface area contributed by atoms with Crippen LogP contribution in [-0.2, 0) is 16.0 Å². The molecule has 6 nitrogen and oxygen atoms in total. The lowest BCUT2D eigenvalue weighted by Crippen LogP contribution is -2.24.